The van der Waals surface area contributed by atoms with Crippen LogP contribution in [0.5, 0.6) is 5.75 Å². The molecule has 0 aliphatic carbocycles. The van der Waals surface area contributed by atoms with E-state index in [0.717, 1.165) is 15.8 Å². The molecule has 3 nitrogen and oxygen atoms in total. The quantitative estimate of drug-likeness (QED) is 0.429. The van der Waals surface area contributed by atoms with E-state index in [4.69, 9.17) is 4.42 Å². The molecule has 22 heavy (non-hydrogen) atoms. The minimum atomic E-state index is -0.185. The molecule has 0 aliphatic heterocycles. The lowest BCUT2D eigenvalue weighted by atomic mass is 10.1. The maximum Gasteiger partial charge on any atom is 0.221 e. The third kappa shape index (κ3) is 3.07. The highest BCUT2D eigenvalue weighted by Gasteiger charge is 2.10. The van der Waals surface area contributed by atoms with Gasteiger partial charge < -0.3 is 9.52 Å². The maximum atomic E-state index is 12.2. The van der Waals surface area contributed by atoms with E-state index in [1.165, 1.54) is 6.08 Å². The van der Waals surface area contributed by atoms with Gasteiger partial charge in [-0.15, -0.1) is 11.8 Å². The van der Waals surface area contributed by atoms with E-state index in [9.17, 15) is 9.90 Å². The number of furan rings is 1. The molecule has 110 valence electrons. The van der Waals surface area contributed by atoms with E-state index in [0.29, 0.717) is 11.3 Å². The lowest BCUT2D eigenvalue weighted by molar-refractivity contribution is 0.102. The van der Waals surface area contributed by atoms with Crippen LogP contribution in [0.2, 0.25) is 0 Å². The molecule has 0 saturated carbocycles. The minimum Gasteiger partial charge on any atom is -0.508 e. The average molecular weight is 310 g/mol. The highest BCUT2D eigenvalue weighted by molar-refractivity contribution is 7.98. The van der Waals surface area contributed by atoms with Crippen LogP contribution in [0.15, 0.2) is 63.9 Å². The Kier molecular flexibility index (Phi) is 4.02. The van der Waals surface area contributed by atoms with Gasteiger partial charge >= 0.3 is 0 Å². The molecule has 1 N–H and O–H groups in total. The molecule has 4 heteroatoms. The van der Waals surface area contributed by atoms with Gasteiger partial charge in [0.2, 0.25) is 5.78 Å². The second-order valence-electron chi connectivity index (χ2n) is 4.80. The number of carbonyl (C=O) groups is 1. The summed E-state index contributed by atoms with van der Waals surface area (Å²) >= 11 is 1.63. The van der Waals surface area contributed by atoms with Crippen LogP contribution in [0.4, 0.5) is 0 Å². The Morgan fingerprint density at radius 1 is 1.14 bits per heavy atom. The molecule has 1 aromatic heterocycles. The molecule has 0 fully saturated rings. The first kappa shape index (κ1) is 14.5. The highest BCUT2D eigenvalue weighted by atomic mass is 32.2. The van der Waals surface area contributed by atoms with Crippen LogP contribution in [0.3, 0.4) is 0 Å². The number of hydrogen-bond donors (Lipinski definition) is 1. The summed E-state index contributed by atoms with van der Waals surface area (Å²) in [6.45, 7) is 0. The Balaban J connectivity index is 1.84. The van der Waals surface area contributed by atoms with Crippen molar-refractivity contribution in [2.75, 3.05) is 6.26 Å². The molecule has 1 heterocycles. The van der Waals surface area contributed by atoms with E-state index in [-0.39, 0.29) is 11.5 Å². The van der Waals surface area contributed by atoms with Gasteiger partial charge in [0, 0.05) is 10.3 Å². The fraction of sp³-hybridized carbons (Fsp3) is 0.0556. The fourth-order valence-corrected chi connectivity index (χ4v) is 2.53. The predicted molar refractivity (Wildman–Crippen MR) is 89.5 cm³/mol. The largest absolute Gasteiger partial charge is 0.508 e. The van der Waals surface area contributed by atoms with E-state index < -0.39 is 0 Å². The monoisotopic (exact) mass is 310 g/mol. The SMILES string of the molecule is CSc1ccc2cc(C(=O)/C=C/c3ccc(O)cc3)oc2c1. The van der Waals surface area contributed by atoms with Crippen LogP contribution in [0.1, 0.15) is 16.1 Å². The van der Waals surface area contributed by atoms with Crippen LogP contribution in [-0.4, -0.2) is 17.1 Å². The van der Waals surface area contributed by atoms with Crippen molar-refractivity contribution in [1.82, 2.24) is 0 Å². The summed E-state index contributed by atoms with van der Waals surface area (Å²) in [5.74, 6) is 0.337. The zero-order chi connectivity index (χ0) is 15.5. The second-order valence-corrected chi connectivity index (χ2v) is 5.68. The maximum absolute atomic E-state index is 12.2. The van der Waals surface area contributed by atoms with Gasteiger partial charge in [-0.25, -0.2) is 0 Å². The average Bonchev–Trinajstić information content (AvgIpc) is 2.97. The number of rotatable bonds is 4. The first-order valence-corrected chi connectivity index (χ1v) is 7.97. The first-order valence-electron chi connectivity index (χ1n) is 6.75. The number of phenols is 1. The smallest absolute Gasteiger partial charge is 0.221 e. The van der Waals surface area contributed by atoms with Gasteiger partial charge in [0.1, 0.15) is 11.3 Å². The van der Waals surface area contributed by atoms with Gasteiger partial charge in [-0.3, -0.25) is 4.79 Å². The lowest BCUT2D eigenvalue weighted by Crippen LogP contribution is -1.90. The molecule has 0 bridgehead atoms. The van der Waals surface area contributed by atoms with Crippen LogP contribution >= 0.6 is 11.8 Å². The van der Waals surface area contributed by atoms with Crippen molar-refractivity contribution in [3.05, 3.63) is 65.9 Å². The third-order valence-corrected chi connectivity index (χ3v) is 4.02. The second kappa shape index (κ2) is 6.12. The third-order valence-electron chi connectivity index (χ3n) is 3.29. The number of aromatic hydroxyl groups is 1. The van der Waals surface area contributed by atoms with Crippen molar-refractivity contribution in [3.63, 3.8) is 0 Å². The summed E-state index contributed by atoms with van der Waals surface area (Å²) in [6.07, 6.45) is 5.17. The van der Waals surface area contributed by atoms with Crippen molar-refractivity contribution >= 4 is 34.6 Å². The normalized spacial score (nSPS) is 11.3. The van der Waals surface area contributed by atoms with Gasteiger partial charge in [-0.05, 0) is 54.3 Å². The van der Waals surface area contributed by atoms with Crippen molar-refractivity contribution in [2.45, 2.75) is 4.90 Å². The van der Waals surface area contributed by atoms with Crippen LogP contribution < -0.4 is 0 Å². The molecule has 3 rings (SSSR count). The number of thioether (sulfide) groups is 1. The number of hydrogen-bond acceptors (Lipinski definition) is 4. The van der Waals surface area contributed by atoms with Crippen LogP contribution in [-0.2, 0) is 0 Å². The fourth-order valence-electron chi connectivity index (χ4n) is 2.10. The Morgan fingerprint density at radius 3 is 2.64 bits per heavy atom. The van der Waals surface area contributed by atoms with Crippen molar-refractivity contribution in [1.29, 1.82) is 0 Å². The summed E-state index contributed by atoms with van der Waals surface area (Å²) < 4.78 is 5.63. The standard InChI is InChI=1S/C18H14O3S/c1-22-15-8-5-13-10-18(21-17(13)11-15)16(20)9-4-12-2-6-14(19)7-3-12/h2-11,19H,1H3/b9-4+. The summed E-state index contributed by atoms with van der Waals surface area (Å²) in [4.78, 5) is 13.3. The molecule has 0 atom stereocenters. The van der Waals surface area contributed by atoms with Crippen molar-refractivity contribution in [3.8, 4) is 5.75 Å². The van der Waals surface area contributed by atoms with E-state index in [1.54, 1.807) is 48.2 Å². The molecule has 0 radical (unpaired) electrons. The molecule has 2 aromatic carbocycles. The molecule has 0 unspecified atom stereocenters. The Hall–Kier alpha value is -2.46. The number of carbonyl (C=O) groups excluding carboxylic acids is 1. The van der Waals surface area contributed by atoms with Gasteiger partial charge in [-0.2, -0.15) is 0 Å². The van der Waals surface area contributed by atoms with Gasteiger partial charge in [0.05, 0.1) is 0 Å². The number of phenolic OH excluding ortho intramolecular Hbond substituents is 1. The van der Waals surface area contributed by atoms with Gasteiger partial charge in [0.25, 0.3) is 0 Å². The Labute approximate surface area is 132 Å². The summed E-state index contributed by atoms with van der Waals surface area (Å²) in [6, 6.07) is 14.3. The molecule has 0 spiro atoms. The molecule has 0 saturated heterocycles. The lowest BCUT2D eigenvalue weighted by Gasteiger charge is -1.94. The summed E-state index contributed by atoms with van der Waals surface area (Å²) in [5.41, 5.74) is 1.56. The summed E-state index contributed by atoms with van der Waals surface area (Å²) in [5, 5.41) is 10.1. The number of allylic oxidation sites excluding steroid dienone is 1. The van der Waals surface area contributed by atoms with E-state index in [1.807, 2.05) is 24.5 Å². The topological polar surface area (TPSA) is 50.4 Å². The minimum absolute atomic E-state index is 0.185. The number of ketones is 1. The molecular formula is C18H14O3S. The number of fused-ring (bicyclic) bond motifs is 1. The highest BCUT2D eigenvalue weighted by Crippen LogP contribution is 2.25. The predicted octanol–water partition coefficient (Wildman–Crippen LogP) is 4.76. The molecular weight excluding hydrogens is 296 g/mol. The molecule has 0 amide bonds. The van der Waals surface area contributed by atoms with Crippen molar-refractivity contribution < 1.29 is 14.3 Å². The van der Waals surface area contributed by atoms with Gasteiger partial charge in [-0.1, -0.05) is 18.2 Å². The first-order chi connectivity index (χ1) is 10.7. The Bertz CT molecular complexity index is 844. The zero-order valence-electron chi connectivity index (χ0n) is 11.9. The Morgan fingerprint density at radius 2 is 1.91 bits per heavy atom. The number of benzene rings is 2. The van der Waals surface area contributed by atoms with E-state index in [2.05, 4.69) is 0 Å². The van der Waals surface area contributed by atoms with E-state index >= 15 is 0 Å². The molecule has 0 aliphatic rings. The van der Waals surface area contributed by atoms with Crippen LogP contribution in [0, 0.1) is 0 Å². The van der Waals surface area contributed by atoms with Crippen LogP contribution in [0.25, 0.3) is 17.0 Å². The van der Waals surface area contributed by atoms with Gasteiger partial charge in [0.15, 0.2) is 5.76 Å². The van der Waals surface area contributed by atoms with Crippen molar-refractivity contribution in [2.24, 2.45) is 0 Å². The zero-order valence-corrected chi connectivity index (χ0v) is 12.8. The summed E-state index contributed by atoms with van der Waals surface area (Å²) in [7, 11) is 0. The molecule has 3 aromatic rings.